The Morgan fingerprint density at radius 2 is 1.76 bits per heavy atom. The number of aliphatic hydroxyl groups is 1. The van der Waals surface area contributed by atoms with Gasteiger partial charge in [0.1, 0.15) is 12.4 Å². The molecule has 0 saturated carbocycles. The Morgan fingerprint density at radius 1 is 1.10 bits per heavy atom. The van der Waals surface area contributed by atoms with E-state index in [0.717, 1.165) is 17.1 Å². The third-order valence-electron chi connectivity index (χ3n) is 4.78. The molecule has 2 N–H and O–H groups in total. The third-order valence-corrected chi connectivity index (χ3v) is 4.78. The maximum absolute atomic E-state index is 12.6. The molecule has 1 unspecified atom stereocenters. The summed E-state index contributed by atoms with van der Waals surface area (Å²) in [6, 6.07) is 19.3. The van der Waals surface area contributed by atoms with Gasteiger partial charge in [0.2, 0.25) is 0 Å². The number of imidazole rings is 1. The molecule has 1 atom stereocenters. The van der Waals surface area contributed by atoms with Crippen LogP contribution in [0.1, 0.15) is 29.6 Å². The van der Waals surface area contributed by atoms with Crippen LogP contribution in [0.25, 0.3) is 0 Å². The number of aromatic amines is 1. The lowest BCUT2D eigenvalue weighted by Crippen LogP contribution is -2.44. The number of aliphatic hydroxyl groups excluding tert-OH is 1. The minimum absolute atomic E-state index is 0.151. The normalized spacial score (nSPS) is 11.8. The lowest BCUT2D eigenvalue weighted by molar-refractivity contribution is 0.0665. The number of hydrogen-bond donors (Lipinski definition) is 2. The fourth-order valence-electron chi connectivity index (χ4n) is 3.25. The van der Waals surface area contributed by atoms with E-state index in [1.165, 1.54) is 5.56 Å². The maximum Gasteiger partial charge on any atom is 0.410 e. The first-order valence-corrected chi connectivity index (χ1v) is 9.84. The molecule has 0 bridgehead atoms. The molecule has 2 aromatic carbocycles. The SMILES string of the molecule is CCN(C(=O)OCc1ccccc1)C(CO)Cc1cnc(Cc2ccccc2)[nH]1. The highest BCUT2D eigenvalue weighted by molar-refractivity contribution is 5.68. The van der Waals surface area contributed by atoms with Gasteiger partial charge in [-0.1, -0.05) is 60.7 Å². The first kappa shape index (κ1) is 20.6. The number of amides is 1. The largest absolute Gasteiger partial charge is 0.445 e. The predicted octanol–water partition coefficient (Wildman–Crippen LogP) is 3.56. The Bertz CT molecular complexity index is 881. The van der Waals surface area contributed by atoms with Crippen LogP contribution < -0.4 is 0 Å². The number of likely N-dealkylation sites (N-methyl/N-ethyl adjacent to an activating group) is 1. The smallest absolute Gasteiger partial charge is 0.410 e. The van der Waals surface area contributed by atoms with E-state index in [1.807, 2.05) is 55.5 Å². The van der Waals surface area contributed by atoms with Crippen molar-refractivity contribution in [1.29, 1.82) is 0 Å². The zero-order valence-electron chi connectivity index (χ0n) is 16.6. The standard InChI is InChI=1S/C23H27N3O3/c1-2-26(23(28)29-17-19-11-7-4-8-12-19)21(16-27)14-20-15-24-22(25-20)13-18-9-5-3-6-10-18/h3-12,15,21,27H,2,13-14,16-17H2,1H3,(H,24,25). The molecule has 1 amide bonds. The van der Waals surface area contributed by atoms with Crippen molar-refractivity contribution >= 4 is 6.09 Å². The molecule has 6 heteroatoms. The second kappa shape index (κ2) is 10.4. The summed E-state index contributed by atoms with van der Waals surface area (Å²) in [6.45, 7) is 2.38. The molecule has 6 nitrogen and oxygen atoms in total. The molecular formula is C23H27N3O3. The number of carbonyl (C=O) groups excluding carboxylic acids is 1. The Labute approximate surface area is 171 Å². The number of benzene rings is 2. The lowest BCUT2D eigenvalue weighted by atomic mass is 10.1. The second-order valence-corrected chi connectivity index (χ2v) is 6.88. The number of nitrogens with zero attached hydrogens (tertiary/aromatic N) is 2. The molecular weight excluding hydrogens is 366 g/mol. The van der Waals surface area contributed by atoms with Crippen LogP contribution in [0.15, 0.2) is 66.9 Å². The maximum atomic E-state index is 12.6. The molecule has 0 aliphatic rings. The van der Waals surface area contributed by atoms with E-state index in [4.69, 9.17) is 4.74 Å². The topological polar surface area (TPSA) is 78.5 Å². The molecule has 0 aliphatic carbocycles. The number of hydrogen-bond acceptors (Lipinski definition) is 4. The van der Waals surface area contributed by atoms with Crippen molar-refractivity contribution in [1.82, 2.24) is 14.9 Å². The first-order valence-electron chi connectivity index (χ1n) is 9.84. The van der Waals surface area contributed by atoms with Gasteiger partial charge in [-0.15, -0.1) is 0 Å². The van der Waals surface area contributed by atoms with Crippen molar-refractivity contribution in [3.8, 4) is 0 Å². The molecule has 0 radical (unpaired) electrons. The summed E-state index contributed by atoms with van der Waals surface area (Å²) in [4.78, 5) is 21.8. The number of rotatable bonds is 9. The van der Waals surface area contributed by atoms with Gasteiger partial charge in [0.15, 0.2) is 0 Å². The number of nitrogens with one attached hydrogen (secondary N) is 1. The zero-order valence-corrected chi connectivity index (χ0v) is 16.6. The average molecular weight is 393 g/mol. The van der Waals surface area contributed by atoms with E-state index in [2.05, 4.69) is 22.1 Å². The summed E-state index contributed by atoms with van der Waals surface area (Å²) in [5.74, 6) is 0.859. The van der Waals surface area contributed by atoms with Crippen molar-refractivity contribution < 1.29 is 14.6 Å². The van der Waals surface area contributed by atoms with E-state index in [1.54, 1.807) is 11.1 Å². The summed E-state index contributed by atoms with van der Waals surface area (Å²) in [6.07, 6.45) is 2.53. The Kier molecular flexibility index (Phi) is 7.41. The van der Waals surface area contributed by atoms with Crippen LogP contribution in [-0.2, 0) is 24.2 Å². The van der Waals surface area contributed by atoms with Crippen molar-refractivity contribution in [2.45, 2.75) is 32.4 Å². The Balaban J connectivity index is 1.59. The molecule has 1 heterocycles. The molecule has 0 spiro atoms. The molecule has 152 valence electrons. The van der Waals surface area contributed by atoms with Gasteiger partial charge in [-0.2, -0.15) is 0 Å². The minimum Gasteiger partial charge on any atom is -0.445 e. The number of H-pyrrole nitrogens is 1. The molecule has 0 saturated heterocycles. The predicted molar refractivity (Wildman–Crippen MR) is 111 cm³/mol. The lowest BCUT2D eigenvalue weighted by Gasteiger charge is -2.28. The van der Waals surface area contributed by atoms with Crippen LogP contribution in [0.2, 0.25) is 0 Å². The second-order valence-electron chi connectivity index (χ2n) is 6.88. The van der Waals surface area contributed by atoms with Crippen molar-refractivity contribution in [3.63, 3.8) is 0 Å². The highest BCUT2D eigenvalue weighted by atomic mass is 16.6. The van der Waals surface area contributed by atoms with Gasteiger partial charge < -0.3 is 19.7 Å². The van der Waals surface area contributed by atoms with E-state index < -0.39 is 6.09 Å². The van der Waals surface area contributed by atoms with Crippen molar-refractivity contribution in [3.05, 3.63) is 89.5 Å². The van der Waals surface area contributed by atoms with Crippen LogP contribution in [0, 0.1) is 0 Å². The summed E-state index contributed by atoms with van der Waals surface area (Å²) in [7, 11) is 0. The highest BCUT2D eigenvalue weighted by Crippen LogP contribution is 2.12. The van der Waals surface area contributed by atoms with Gasteiger partial charge in [-0.25, -0.2) is 9.78 Å². The van der Waals surface area contributed by atoms with Crippen molar-refractivity contribution in [2.75, 3.05) is 13.2 Å². The summed E-state index contributed by atoms with van der Waals surface area (Å²) in [5, 5.41) is 9.88. The molecule has 29 heavy (non-hydrogen) atoms. The Morgan fingerprint density at radius 3 is 2.38 bits per heavy atom. The van der Waals surface area contributed by atoms with Gasteiger partial charge in [0.05, 0.1) is 12.6 Å². The van der Waals surface area contributed by atoms with Crippen LogP contribution >= 0.6 is 0 Å². The van der Waals surface area contributed by atoms with Gasteiger partial charge >= 0.3 is 6.09 Å². The van der Waals surface area contributed by atoms with E-state index in [9.17, 15) is 9.90 Å². The van der Waals surface area contributed by atoms with Crippen LogP contribution in [-0.4, -0.2) is 45.3 Å². The number of carbonyl (C=O) groups is 1. The highest BCUT2D eigenvalue weighted by Gasteiger charge is 2.24. The van der Waals surface area contributed by atoms with Gasteiger partial charge in [-0.05, 0) is 18.1 Å². The average Bonchev–Trinajstić information content (AvgIpc) is 3.20. The zero-order chi connectivity index (χ0) is 20.5. The fraction of sp³-hybridized carbons (Fsp3) is 0.304. The summed E-state index contributed by atoms with van der Waals surface area (Å²) >= 11 is 0. The quantitative estimate of drug-likeness (QED) is 0.583. The molecule has 3 aromatic rings. The third kappa shape index (κ3) is 5.93. The van der Waals surface area contributed by atoms with Crippen molar-refractivity contribution in [2.24, 2.45) is 0 Å². The number of ether oxygens (including phenoxy) is 1. The van der Waals surface area contributed by atoms with Gasteiger partial charge in [0.25, 0.3) is 0 Å². The van der Waals surface area contributed by atoms with Gasteiger partial charge in [0, 0.05) is 31.3 Å². The minimum atomic E-state index is -0.431. The molecule has 0 aliphatic heterocycles. The first-order chi connectivity index (χ1) is 14.2. The fourth-order valence-corrected chi connectivity index (χ4v) is 3.25. The van der Waals surface area contributed by atoms with Crippen LogP contribution in [0.3, 0.4) is 0 Å². The summed E-state index contributed by atoms with van der Waals surface area (Å²) in [5.41, 5.74) is 2.98. The van der Waals surface area contributed by atoms with E-state index in [-0.39, 0.29) is 19.3 Å². The molecule has 1 aromatic heterocycles. The van der Waals surface area contributed by atoms with E-state index in [0.29, 0.717) is 19.4 Å². The monoisotopic (exact) mass is 393 g/mol. The molecule has 0 fully saturated rings. The summed E-state index contributed by atoms with van der Waals surface area (Å²) < 4.78 is 5.44. The van der Waals surface area contributed by atoms with Crippen LogP contribution in [0.4, 0.5) is 4.79 Å². The molecule has 3 rings (SSSR count). The Hall–Kier alpha value is -3.12. The van der Waals surface area contributed by atoms with Gasteiger partial charge in [-0.3, -0.25) is 0 Å². The van der Waals surface area contributed by atoms with E-state index >= 15 is 0 Å². The van der Waals surface area contributed by atoms with Crippen LogP contribution in [0.5, 0.6) is 0 Å². The number of aromatic nitrogens is 2.